The lowest BCUT2D eigenvalue weighted by atomic mass is 10.2. The van der Waals surface area contributed by atoms with E-state index in [2.05, 4.69) is 5.32 Å². The van der Waals surface area contributed by atoms with Crippen molar-refractivity contribution in [2.45, 2.75) is 12.6 Å². The first kappa shape index (κ1) is 18.8. The third kappa shape index (κ3) is 4.60. The lowest BCUT2D eigenvalue weighted by Gasteiger charge is -2.30. The summed E-state index contributed by atoms with van der Waals surface area (Å²) in [7, 11) is -3.23. The molecule has 0 aromatic heterocycles. The molecule has 1 atom stereocenters. The van der Waals surface area contributed by atoms with Crippen LogP contribution in [0.4, 0.5) is 10.1 Å². The molecule has 136 valence electrons. The summed E-state index contributed by atoms with van der Waals surface area (Å²) in [6.07, 6.45) is 1.63. The maximum atomic E-state index is 13.3. The van der Waals surface area contributed by atoms with E-state index in [0.29, 0.717) is 17.3 Å². The van der Waals surface area contributed by atoms with Crippen molar-refractivity contribution >= 4 is 44.5 Å². The fourth-order valence-electron chi connectivity index (χ4n) is 2.64. The minimum absolute atomic E-state index is 0.0178. The Morgan fingerprint density at radius 1 is 1.27 bits per heavy atom. The highest BCUT2D eigenvalue weighted by Crippen LogP contribution is 2.22. The summed E-state index contributed by atoms with van der Waals surface area (Å²) >= 11 is 11.3. The number of halogens is 2. The number of benzene rings is 2. The lowest BCUT2D eigenvalue weighted by molar-refractivity contribution is 0.380. The number of rotatable bonds is 4. The molecule has 0 bridgehead atoms. The van der Waals surface area contributed by atoms with Crippen molar-refractivity contribution in [2.24, 2.45) is 0 Å². The number of anilines is 1. The molecule has 0 radical (unpaired) electrons. The Kier molecular flexibility index (Phi) is 5.60. The molecule has 0 spiro atoms. The molecule has 3 rings (SSSR count). The molecule has 4 nitrogen and oxygen atoms in total. The van der Waals surface area contributed by atoms with Crippen molar-refractivity contribution in [2.75, 3.05) is 11.1 Å². The molecule has 2 aromatic rings. The highest BCUT2D eigenvalue weighted by molar-refractivity contribution is 7.94. The van der Waals surface area contributed by atoms with E-state index < -0.39 is 15.7 Å². The molecule has 1 heterocycles. The van der Waals surface area contributed by atoms with Gasteiger partial charge in [-0.25, -0.2) is 12.8 Å². The predicted molar refractivity (Wildman–Crippen MR) is 106 cm³/mol. The fourth-order valence-corrected chi connectivity index (χ4v) is 4.44. The van der Waals surface area contributed by atoms with Gasteiger partial charge >= 0.3 is 0 Å². The van der Waals surface area contributed by atoms with Gasteiger partial charge in [0, 0.05) is 17.6 Å². The van der Waals surface area contributed by atoms with Crippen molar-refractivity contribution in [3.05, 3.63) is 76.4 Å². The molecule has 0 saturated heterocycles. The standard InChI is InChI=1S/C18H16ClFN2O2S2/c19-16-10-14(6-7-17(16)20)21-18(25)22(11-13-4-2-1-3-5-13)15-8-9-26(23,24)12-15/h1-10,15H,11-12H2,(H,21,25)/t15-/m1/s1. The van der Waals surface area contributed by atoms with E-state index in [1.54, 1.807) is 11.0 Å². The monoisotopic (exact) mass is 410 g/mol. The van der Waals surface area contributed by atoms with Gasteiger partial charge in [0.2, 0.25) is 0 Å². The summed E-state index contributed by atoms with van der Waals surface area (Å²) in [5.74, 6) is -0.555. The van der Waals surface area contributed by atoms with Crippen LogP contribution in [-0.4, -0.2) is 30.2 Å². The molecule has 0 saturated carbocycles. The van der Waals surface area contributed by atoms with Gasteiger partial charge in [0.1, 0.15) is 5.82 Å². The van der Waals surface area contributed by atoms with Crippen LogP contribution in [0.1, 0.15) is 5.56 Å². The summed E-state index contributed by atoms with van der Waals surface area (Å²) < 4.78 is 37.0. The van der Waals surface area contributed by atoms with E-state index in [9.17, 15) is 12.8 Å². The largest absolute Gasteiger partial charge is 0.337 e. The van der Waals surface area contributed by atoms with E-state index in [0.717, 1.165) is 5.56 Å². The zero-order chi connectivity index (χ0) is 18.7. The van der Waals surface area contributed by atoms with Gasteiger partial charge in [0.25, 0.3) is 0 Å². The SMILES string of the molecule is O=S1(=O)C=C[C@@H](N(Cc2ccccc2)C(=S)Nc2ccc(F)c(Cl)c2)C1. The predicted octanol–water partition coefficient (Wildman–Crippen LogP) is 3.99. The molecule has 2 aromatic carbocycles. The Balaban J connectivity index is 1.83. The van der Waals surface area contributed by atoms with E-state index in [4.69, 9.17) is 23.8 Å². The highest BCUT2D eigenvalue weighted by atomic mass is 35.5. The first-order valence-corrected chi connectivity index (χ1v) is 10.3. The van der Waals surface area contributed by atoms with Crippen LogP contribution >= 0.6 is 23.8 Å². The highest BCUT2D eigenvalue weighted by Gasteiger charge is 2.29. The number of thiocarbonyl (C=S) groups is 1. The third-order valence-electron chi connectivity index (χ3n) is 3.94. The van der Waals surface area contributed by atoms with Gasteiger partial charge in [-0.2, -0.15) is 0 Å². The van der Waals surface area contributed by atoms with Crippen molar-refractivity contribution in [3.63, 3.8) is 0 Å². The van der Waals surface area contributed by atoms with Crippen LogP contribution in [0.3, 0.4) is 0 Å². The number of hydrogen-bond donors (Lipinski definition) is 1. The maximum Gasteiger partial charge on any atom is 0.174 e. The van der Waals surface area contributed by atoms with Crippen molar-refractivity contribution < 1.29 is 12.8 Å². The summed E-state index contributed by atoms with van der Waals surface area (Å²) in [5, 5.41) is 4.55. The number of nitrogens with one attached hydrogen (secondary N) is 1. The van der Waals surface area contributed by atoms with Gasteiger partial charge < -0.3 is 10.2 Å². The molecule has 8 heteroatoms. The number of hydrogen-bond acceptors (Lipinski definition) is 3. The Bertz CT molecular complexity index is 949. The fraction of sp³-hybridized carbons (Fsp3) is 0.167. The summed E-state index contributed by atoms with van der Waals surface area (Å²) in [5.41, 5.74) is 1.52. The molecule has 0 amide bonds. The van der Waals surface area contributed by atoms with E-state index >= 15 is 0 Å². The Morgan fingerprint density at radius 2 is 2.00 bits per heavy atom. The van der Waals surface area contributed by atoms with Crippen LogP contribution in [0.25, 0.3) is 0 Å². The Hall–Kier alpha value is -1.96. The van der Waals surface area contributed by atoms with Crippen LogP contribution in [-0.2, 0) is 16.4 Å². The third-order valence-corrected chi connectivity index (χ3v) is 5.94. The minimum Gasteiger partial charge on any atom is -0.337 e. The molecule has 1 N–H and O–H groups in total. The van der Waals surface area contributed by atoms with E-state index in [-0.39, 0.29) is 16.8 Å². The first-order chi connectivity index (χ1) is 12.3. The normalized spacial score (nSPS) is 17.8. The minimum atomic E-state index is -3.23. The molecular formula is C18H16ClFN2O2S2. The second-order valence-electron chi connectivity index (χ2n) is 5.90. The van der Waals surface area contributed by atoms with Gasteiger partial charge in [0.05, 0.1) is 16.8 Å². The summed E-state index contributed by atoms with van der Waals surface area (Å²) in [6.45, 7) is 0.437. The Morgan fingerprint density at radius 3 is 2.62 bits per heavy atom. The second-order valence-corrected chi connectivity index (χ2v) is 8.62. The zero-order valence-electron chi connectivity index (χ0n) is 13.6. The molecule has 0 unspecified atom stereocenters. The summed E-state index contributed by atoms with van der Waals surface area (Å²) in [6, 6.07) is 13.4. The molecule has 0 fully saturated rings. The average Bonchev–Trinajstić information content (AvgIpc) is 2.96. The van der Waals surface area contributed by atoms with E-state index in [1.807, 2.05) is 30.3 Å². The van der Waals surface area contributed by atoms with Crippen molar-refractivity contribution in [1.29, 1.82) is 0 Å². The number of sulfone groups is 1. The Labute approximate surface area is 162 Å². The van der Waals surface area contributed by atoms with Crippen LogP contribution < -0.4 is 5.32 Å². The van der Waals surface area contributed by atoms with Gasteiger partial charge in [-0.3, -0.25) is 0 Å². The number of nitrogens with zero attached hydrogens (tertiary/aromatic N) is 1. The van der Waals surface area contributed by atoms with Gasteiger partial charge in [0.15, 0.2) is 14.9 Å². The first-order valence-electron chi connectivity index (χ1n) is 7.82. The second kappa shape index (κ2) is 7.73. The summed E-state index contributed by atoms with van der Waals surface area (Å²) in [4.78, 5) is 1.79. The van der Waals surface area contributed by atoms with Crippen LogP contribution in [0, 0.1) is 5.82 Å². The van der Waals surface area contributed by atoms with Gasteiger partial charge in [-0.15, -0.1) is 0 Å². The molecule has 1 aliphatic heterocycles. The van der Waals surface area contributed by atoms with Crippen LogP contribution in [0.15, 0.2) is 60.0 Å². The molecular weight excluding hydrogens is 395 g/mol. The maximum absolute atomic E-state index is 13.3. The molecule has 0 aliphatic carbocycles. The molecule has 1 aliphatic rings. The quantitative estimate of drug-likeness (QED) is 0.772. The van der Waals surface area contributed by atoms with Crippen molar-refractivity contribution in [1.82, 2.24) is 4.90 Å². The van der Waals surface area contributed by atoms with Crippen LogP contribution in [0.5, 0.6) is 0 Å². The molecule has 26 heavy (non-hydrogen) atoms. The average molecular weight is 411 g/mol. The van der Waals surface area contributed by atoms with Crippen molar-refractivity contribution in [3.8, 4) is 0 Å². The van der Waals surface area contributed by atoms with Gasteiger partial charge in [-0.1, -0.05) is 41.9 Å². The lowest BCUT2D eigenvalue weighted by Crippen LogP contribution is -2.42. The smallest absolute Gasteiger partial charge is 0.174 e. The topological polar surface area (TPSA) is 49.4 Å². The van der Waals surface area contributed by atoms with E-state index in [1.165, 1.54) is 23.6 Å². The zero-order valence-corrected chi connectivity index (χ0v) is 16.0. The van der Waals surface area contributed by atoms with Crippen LogP contribution in [0.2, 0.25) is 5.02 Å². The van der Waals surface area contributed by atoms with Gasteiger partial charge in [-0.05, 0) is 42.1 Å².